The van der Waals surface area contributed by atoms with Crippen molar-refractivity contribution in [2.75, 3.05) is 0 Å². The Kier molecular flexibility index (Phi) is 3.45. The molecule has 0 bridgehead atoms. The zero-order valence-electron chi connectivity index (χ0n) is 8.08. The average molecular weight is 282 g/mol. The number of rotatable bonds is 2. The molecule has 0 radical (unpaired) electrons. The molecule has 0 aromatic heterocycles. The Balaban J connectivity index is 2.58. The van der Waals surface area contributed by atoms with Crippen LogP contribution in [-0.4, -0.2) is 0 Å². The Morgan fingerprint density at radius 3 is 2.33 bits per heavy atom. The number of hydrogen-bond acceptors (Lipinski definition) is 0. The number of hydrogen-bond donors (Lipinski definition) is 0. The Bertz CT molecular complexity index is 451. The van der Waals surface area contributed by atoms with Gasteiger partial charge in [-0.25, -0.2) is 0 Å². The van der Waals surface area contributed by atoms with Gasteiger partial charge in [0.1, 0.15) is 0 Å². The van der Waals surface area contributed by atoms with Crippen molar-refractivity contribution >= 4 is 27.5 Å². The summed E-state index contributed by atoms with van der Waals surface area (Å²) in [6.07, 6.45) is 0. The van der Waals surface area contributed by atoms with Crippen LogP contribution in [0.4, 0.5) is 0 Å². The molecule has 0 spiro atoms. The van der Waals surface area contributed by atoms with Crippen LogP contribution < -0.4 is 0 Å². The van der Waals surface area contributed by atoms with Gasteiger partial charge in [-0.3, -0.25) is 0 Å². The lowest BCUT2D eigenvalue weighted by Crippen LogP contribution is -1.86. The molecular weight excluding hydrogens is 271 g/mol. The molecule has 0 saturated carbocycles. The number of alkyl halides is 1. The van der Waals surface area contributed by atoms with Crippen LogP contribution in [0.5, 0.6) is 0 Å². The van der Waals surface area contributed by atoms with Gasteiger partial charge in [0.25, 0.3) is 0 Å². The van der Waals surface area contributed by atoms with E-state index in [-0.39, 0.29) is 0 Å². The molecular formula is C13H10BrCl. The first-order chi connectivity index (χ1) is 7.33. The largest absolute Gasteiger partial charge is 0.0875 e. The van der Waals surface area contributed by atoms with Crippen LogP contribution in [0, 0.1) is 0 Å². The van der Waals surface area contributed by atoms with E-state index in [9.17, 15) is 0 Å². The third-order valence-corrected chi connectivity index (χ3v) is 3.25. The second-order valence-corrected chi connectivity index (χ2v) is 4.23. The minimum absolute atomic E-state index is 0.775. The van der Waals surface area contributed by atoms with E-state index >= 15 is 0 Å². The third-order valence-electron chi connectivity index (χ3n) is 2.34. The standard InChI is InChI=1S/C13H10BrCl/c14-9-12-11(7-4-8-13(12)15)10-5-2-1-3-6-10/h1-8H,9H2. The molecule has 0 fully saturated rings. The first-order valence-electron chi connectivity index (χ1n) is 4.71. The fourth-order valence-electron chi connectivity index (χ4n) is 1.58. The van der Waals surface area contributed by atoms with Crippen molar-refractivity contribution in [2.24, 2.45) is 0 Å². The number of halogens is 2. The summed E-state index contributed by atoms with van der Waals surface area (Å²) in [6, 6.07) is 16.3. The van der Waals surface area contributed by atoms with Crippen molar-refractivity contribution in [1.82, 2.24) is 0 Å². The summed E-state index contributed by atoms with van der Waals surface area (Å²) in [4.78, 5) is 0. The van der Waals surface area contributed by atoms with Crippen LogP contribution in [0.2, 0.25) is 5.02 Å². The van der Waals surface area contributed by atoms with Gasteiger partial charge in [-0.2, -0.15) is 0 Å². The fraction of sp³-hybridized carbons (Fsp3) is 0.0769. The molecule has 0 saturated heterocycles. The van der Waals surface area contributed by atoms with E-state index in [0.717, 1.165) is 15.9 Å². The molecule has 0 aliphatic carbocycles. The maximum atomic E-state index is 6.15. The van der Waals surface area contributed by atoms with Gasteiger partial charge in [0.2, 0.25) is 0 Å². The van der Waals surface area contributed by atoms with Crippen molar-refractivity contribution < 1.29 is 0 Å². The second kappa shape index (κ2) is 4.82. The van der Waals surface area contributed by atoms with E-state index < -0.39 is 0 Å². The van der Waals surface area contributed by atoms with Crippen molar-refractivity contribution in [3.05, 3.63) is 59.1 Å². The van der Waals surface area contributed by atoms with Crippen LogP contribution >= 0.6 is 27.5 Å². The normalized spacial score (nSPS) is 10.3. The molecule has 0 aliphatic heterocycles. The Labute approximate surface area is 103 Å². The molecule has 2 heteroatoms. The Morgan fingerprint density at radius 1 is 0.933 bits per heavy atom. The summed E-state index contributed by atoms with van der Waals surface area (Å²) >= 11 is 9.62. The van der Waals surface area contributed by atoms with Gasteiger partial charge in [-0.1, -0.05) is 70.0 Å². The van der Waals surface area contributed by atoms with Crippen LogP contribution in [0.1, 0.15) is 5.56 Å². The summed E-state index contributed by atoms with van der Waals surface area (Å²) in [5.41, 5.74) is 3.54. The fourth-order valence-corrected chi connectivity index (χ4v) is 2.59. The van der Waals surface area contributed by atoms with Crippen LogP contribution in [0.3, 0.4) is 0 Å². The van der Waals surface area contributed by atoms with Gasteiger partial charge >= 0.3 is 0 Å². The number of benzene rings is 2. The molecule has 0 amide bonds. The maximum Gasteiger partial charge on any atom is 0.0452 e. The highest BCUT2D eigenvalue weighted by Crippen LogP contribution is 2.30. The van der Waals surface area contributed by atoms with Gasteiger partial charge in [-0.05, 0) is 22.8 Å². The molecule has 0 unspecified atom stereocenters. The first-order valence-corrected chi connectivity index (χ1v) is 6.21. The molecule has 15 heavy (non-hydrogen) atoms. The molecule has 76 valence electrons. The minimum Gasteiger partial charge on any atom is -0.0875 e. The Morgan fingerprint density at radius 2 is 1.67 bits per heavy atom. The van der Waals surface area contributed by atoms with Crippen molar-refractivity contribution in [2.45, 2.75) is 5.33 Å². The topological polar surface area (TPSA) is 0 Å². The highest BCUT2D eigenvalue weighted by Gasteiger charge is 2.06. The minimum atomic E-state index is 0.775. The van der Waals surface area contributed by atoms with Crippen LogP contribution in [0.15, 0.2) is 48.5 Å². The molecule has 0 atom stereocenters. The van der Waals surface area contributed by atoms with Gasteiger partial charge in [0.05, 0.1) is 0 Å². The van der Waals surface area contributed by atoms with Gasteiger partial charge in [0.15, 0.2) is 0 Å². The van der Waals surface area contributed by atoms with Gasteiger partial charge < -0.3 is 0 Å². The molecule has 2 rings (SSSR count). The van der Waals surface area contributed by atoms with E-state index in [2.05, 4.69) is 34.1 Å². The molecule has 0 N–H and O–H groups in total. The van der Waals surface area contributed by atoms with E-state index in [1.54, 1.807) is 0 Å². The second-order valence-electron chi connectivity index (χ2n) is 3.27. The monoisotopic (exact) mass is 280 g/mol. The van der Waals surface area contributed by atoms with Crippen molar-refractivity contribution in [3.8, 4) is 11.1 Å². The van der Waals surface area contributed by atoms with E-state index in [0.29, 0.717) is 0 Å². The molecule has 2 aromatic rings. The van der Waals surface area contributed by atoms with Crippen molar-refractivity contribution in [1.29, 1.82) is 0 Å². The maximum absolute atomic E-state index is 6.15. The lowest BCUT2D eigenvalue weighted by Gasteiger charge is -2.08. The smallest absolute Gasteiger partial charge is 0.0452 e. The SMILES string of the molecule is Clc1cccc(-c2ccccc2)c1CBr. The van der Waals surface area contributed by atoms with Crippen LogP contribution in [-0.2, 0) is 5.33 Å². The summed E-state index contributed by atoms with van der Waals surface area (Å²) in [7, 11) is 0. The predicted octanol–water partition coefficient (Wildman–Crippen LogP) is 4.90. The zero-order valence-corrected chi connectivity index (χ0v) is 10.4. The average Bonchev–Trinajstić information content (AvgIpc) is 2.30. The molecule has 2 aromatic carbocycles. The van der Waals surface area contributed by atoms with Crippen LogP contribution in [0.25, 0.3) is 11.1 Å². The zero-order chi connectivity index (χ0) is 10.7. The van der Waals surface area contributed by atoms with Gasteiger partial charge in [0, 0.05) is 10.4 Å². The third kappa shape index (κ3) is 2.24. The predicted molar refractivity (Wildman–Crippen MR) is 69.5 cm³/mol. The molecule has 0 aliphatic rings. The highest BCUT2D eigenvalue weighted by molar-refractivity contribution is 9.08. The molecule has 0 nitrogen and oxygen atoms in total. The lowest BCUT2D eigenvalue weighted by atomic mass is 10.0. The van der Waals surface area contributed by atoms with Crippen molar-refractivity contribution in [3.63, 3.8) is 0 Å². The van der Waals surface area contributed by atoms with E-state index in [4.69, 9.17) is 11.6 Å². The van der Waals surface area contributed by atoms with E-state index in [1.807, 2.05) is 30.3 Å². The summed E-state index contributed by atoms with van der Waals surface area (Å²) < 4.78 is 0. The molecule has 0 heterocycles. The quantitative estimate of drug-likeness (QED) is 0.687. The highest BCUT2D eigenvalue weighted by atomic mass is 79.9. The summed E-state index contributed by atoms with van der Waals surface area (Å²) in [5, 5.41) is 1.59. The van der Waals surface area contributed by atoms with E-state index in [1.165, 1.54) is 11.1 Å². The summed E-state index contributed by atoms with van der Waals surface area (Å²) in [5.74, 6) is 0. The lowest BCUT2D eigenvalue weighted by molar-refractivity contribution is 1.43. The van der Waals surface area contributed by atoms with Gasteiger partial charge in [-0.15, -0.1) is 0 Å². The first kappa shape index (κ1) is 10.7. The summed E-state index contributed by atoms with van der Waals surface area (Å²) in [6.45, 7) is 0. The Hall–Kier alpha value is -0.790.